The lowest BCUT2D eigenvalue weighted by Gasteiger charge is -2.45. The molecule has 134 valence electrons. The number of nitrogens with two attached hydrogens (primary N) is 1. The number of carbonyl (C=O) groups excluding carboxylic acids is 1. The van der Waals surface area contributed by atoms with E-state index in [1.165, 1.54) is 31.4 Å². The third kappa shape index (κ3) is 4.84. The SMILES string of the molecule is Cl.NC1CC2CCCC(C1)C2NC(=O)CCOc1ccc(F)cc1. The zero-order valence-electron chi connectivity index (χ0n) is 13.7. The van der Waals surface area contributed by atoms with Crippen LogP contribution in [0, 0.1) is 17.7 Å². The van der Waals surface area contributed by atoms with E-state index in [0.29, 0.717) is 36.7 Å². The normalized spacial score (nSPS) is 28.6. The molecule has 2 atom stereocenters. The van der Waals surface area contributed by atoms with Gasteiger partial charge in [-0.1, -0.05) is 6.42 Å². The minimum Gasteiger partial charge on any atom is -0.493 e. The molecule has 6 heteroatoms. The van der Waals surface area contributed by atoms with E-state index in [1.54, 1.807) is 12.1 Å². The molecule has 1 amide bonds. The number of ether oxygens (including phenoxy) is 1. The number of halogens is 2. The Morgan fingerprint density at radius 3 is 2.46 bits per heavy atom. The third-order valence-corrected chi connectivity index (χ3v) is 5.12. The summed E-state index contributed by atoms with van der Waals surface area (Å²) < 4.78 is 18.3. The quantitative estimate of drug-likeness (QED) is 0.852. The molecule has 3 N–H and O–H groups in total. The first kappa shape index (κ1) is 19.0. The summed E-state index contributed by atoms with van der Waals surface area (Å²) in [4.78, 5) is 12.2. The lowest BCUT2D eigenvalue weighted by atomic mass is 9.67. The van der Waals surface area contributed by atoms with Crippen molar-refractivity contribution < 1.29 is 13.9 Å². The predicted molar refractivity (Wildman–Crippen MR) is 93.7 cm³/mol. The second kappa shape index (κ2) is 8.67. The molecule has 2 aliphatic rings. The Balaban J connectivity index is 0.00000208. The maximum absolute atomic E-state index is 12.8. The van der Waals surface area contributed by atoms with E-state index in [4.69, 9.17) is 10.5 Å². The van der Waals surface area contributed by atoms with Gasteiger partial charge in [-0.05, 0) is 61.8 Å². The van der Waals surface area contributed by atoms with Crippen LogP contribution in [-0.2, 0) is 4.79 Å². The number of hydrogen-bond donors (Lipinski definition) is 2. The molecule has 24 heavy (non-hydrogen) atoms. The Bertz CT molecular complexity index is 526. The maximum Gasteiger partial charge on any atom is 0.223 e. The fraction of sp³-hybridized carbons (Fsp3) is 0.611. The Hall–Kier alpha value is -1.33. The third-order valence-electron chi connectivity index (χ3n) is 5.12. The summed E-state index contributed by atoms with van der Waals surface area (Å²) >= 11 is 0. The van der Waals surface area contributed by atoms with E-state index in [1.807, 2.05) is 0 Å². The highest BCUT2D eigenvalue weighted by Gasteiger charge is 2.39. The highest BCUT2D eigenvalue weighted by molar-refractivity contribution is 5.85. The molecule has 1 aromatic carbocycles. The predicted octanol–water partition coefficient (Wildman–Crippen LogP) is 3.04. The monoisotopic (exact) mass is 356 g/mol. The summed E-state index contributed by atoms with van der Waals surface area (Å²) in [5, 5.41) is 3.20. The van der Waals surface area contributed by atoms with Crippen LogP contribution >= 0.6 is 12.4 Å². The van der Waals surface area contributed by atoms with E-state index >= 15 is 0 Å². The number of rotatable bonds is 5. The van der Waals surface area contributed by atoms with Crippen molar-refractivity contribution in [3.8, 4) is 5.75 Å². The molecular formula is C18H26ClFN2O2. The average molecular weight is 357 g/mol. The lowest BCUT2D eigenvalue weighted by molar-refractivity contribution is -0.123. The molecule has 2 bridgehead atoms. The first-order valence-corrected chi connectivity index (χ1v) is 8.55. The van der Waals surface area contributed by atoms with Crippen LogP contribution < -0.4 is 15.8 Å². The van der Waals surface area contributed by atoms with Crippen LogP contribution in [-0.4, -0.2) is 24.6 Å². The zero-order chi connectivity index (χ0) is 16.2. The molecule has 0 aromatic heterocycles. The molecule has 2 fully saturated rings. The summed E-state index contributed by atoms with van der Waals surface area (Å²) in [5.74, 6) is 1.38. The van der Waals surface area contributed by atoms with Crippen molar-refractivity contribution in [2.45, 2.75) is 50.6 Å². The highest BCUT2D eigenvalue weighted by atomic mass is 35.5. The summed E-state index contributed by atoms with van der Waals surface area (Å²) in [6.45, 7) is 0.305. The van der Waals surface area contributed by atoms with Crippen molar-refractivity contribution in [2.24, 2.45) is 17.6 Å². The topological polar surface area (TPSA) is 64.3 Å². The second-order valence-electron chi connectivity index (χ2n) is 6.83. The summed E-state index contributed by atoms with van der Waals surface area (Å²) in [6.07, 6.45) is 5.95. The Morgan fingerprint density at radius 1 is 1.21 bits per heavy atom. The summed E-state index contributed by atoms with van der Waals surface area (Å²) in [5.41, 5.74) is 6.11. The van der Waals surface area contributed by atoms with Crippen molar-refractivity contribution in [3.63, 3.8) is 0 Å². The zero-order valence-corrected chi connectivity index (χ0v) is 14.6. The number of fused-ring (bicyclic) bond motifs is 2. The van der Waals surface area contributed by atoms with Gasteiger partial charge >= 0.3 is 0 Å². The average Bonchev–Trinajstić information content (AvgIpc) is 2.50. The van der Waals surface area contributed by atoms with Gasteiger partial charge in [0.15, 0.2) is 0 Å². The molecule has 2 saturated carbocycles. The molecule has 0 spiro atoms. The second-order valence-corrected chi connectivity index (χ2v) is 6.83. The standard InChI is InChI=1S/C18H25FN2O2.ClH/c19-14-4-6-16(7-5-14)23-9-8-17(22)21-18-12-2-1-3-13(18)11-15(20)10-12;/h4-7,12-13,15,18H,1-3,8-11,20H2,(H,21,22);1H. The fourth-order valence-electron chi connectivity index (χ4n) is 4.08. The van der Waals surface area contributed by atoms with Crippen molar-refractivity contribution in [2.75, 3.05) is 6.61 Å². The molecule has 0 radical (unpaired) electrons. The van der Waals surface area contributed by atoms with Crippen molar-refractivity contribution in [3.05, 3.63) is 30.1 Å². The van der Waals surface area contributed by atoms with Gasteiger partial charge < -0.3 is 15.8 Å². The molecular weight excluding hydrogens is 331 g/mol. The van der Waals surface area contributed by atoms with Gasteiger partial charge in [-0.15, -0.1) is 12.4 Å². The molecule has 4 nitrogen and oxygen atoms in total. The Labute approximate surface area is 148 Å². The van der Waals surface area contributed by atoms with Crippen LogP contribution in [0.3, 0.4) is 0 Å². The van der Waals surface area contributed by atoms with Gasteiger partial charge in [0, 0.05) is 12.1 Å². The molecule has 0 saturated heterocycles. The van der Waals surface area contributed by atoms with E-state index in [0.717, 1.165) is 12.8 Å². The summed E-state index contributed by atoms with van der Waals surface area (Å²) in [6, 6.07) is 6.41. The molecule has 2 unspecified atom stereocenters. The largest absolute Gasteiger partial charge is 0.493 e. The fourth-order valence-corrected chi connectivity index (χ4v) is 4.08. The van der Waals surface area contributed by atoms with Crippen LogP contribution in [0.25, 0.3) is 0 Å². The number of hydrogen-bond acceptors (Lipinski definition) is 3. The van der Waals surface area contributed by atoms with Gasteiger partial charge in [-0.25, -0.2) is 4.39 Å². The van der Waals surface area contributed by atoms with Crippen molar-refractivity contribution >= 4 is 18.3 Å². The molecule has 2 aliphatic carbocycles. The van der Waals surface area contributed by atoms with E-state index in [2.05, 4.69) is 5.32 Å². The Kier molecular flexibility index (Phi) is 6.87. The van der Waals surface area contributed by atoms with Crippen LogP contribution in [0.5, 0.6) is 5.75 Å². The van der Waals surface area contributed by atoms with Gasteiger partial charge in [-0.3, -0.25) is 4.79 Å². The minimum atomic E-state index is -0.294. The number of amides is 1. The molecule has 3 rings (SSSR count). The highest BCUT2D eigenvalue weighted by Crippen LogP contribution is 2.39. The van der Waals surface area contributed by atoms with Crippen LogP contribution in [0.2, 0.25) is 0 Å². The van der Waals surface area contributed by atoms with Gasteiger partial charge in [0.2, 0.25) is 5.91 Å². The van der Waals surface area contributed by atoms with E-state index in [-0.39, 0.29) is 30.2 Å². The Morgan fingerprint density at radius 2 is 1.83 bits per heavy atom. The maximum atomic E-state index is 12.8. The lowest BCUT2D eigenvalue weighted by Crippen LogP contribution is -2.53. The molecule has 1 aromatic rings. The number of nitrogens with one attached hydrogen (secondary N) is 1. The van der Waals surface area contributed by atoms with Gasteiger partial charge in [0.25, 0.3) is 0 Å². The van der Waals surface area contributed by atoms with E-state index in [9.17, 15) is 9.18 Å². The van der Waals surface area contributed by atoms with Crippen molar-refractivity contribution in [1.29, 1.82) is 0 Å². The van der Waals surface area contributed by atoms with Gasteiger partial charge in [0.05, 0.1) is 13.0 Å². The smallest absolute Gasteiger partial charge is 0.223 e. The minimum absolute atomic E-state index is 0. The van der Waals surface area contributed by atoms with E-state index < -0.39 is 0 Å². The van der Waals surface area contributed by atoms with Gasteiger partial charge in [0.1, 0.15) is 11.6 Å². The van der Waals surface area contributed by atoms with Crippen molar-refractivity contribution in [1.82, 2.24) is 5.32 Å². The van der Waals surface area contributed by atoms with Crippen LogP contribution in [0.1, 0.15) is 38.5 Å². The first-order valence-electron chi connectivity index (χ1n) is 8.55. The first-order chi connectivity index (χ1) is 11.1. The molecule has 0 aliphatic heterocycles. The van der Waals surface area contributed by atoms with Gasteiger partial charge in [-0.2, -0.15) is 0 Å². The van der Waals surface area contributed by atoms with Crippen LogP contribution in [0.4, 0.5) is 4.39 Å². The number of benzene rings is 1. The molecule has 0 heterocycles. The number of carbonyl (C=O) groups is 1. The van der Waals surface area contributed by atoms with Crippen LogP contribution in [0.15, 0.2) is 24.3 Å². The summed E-state index contributed by atoms with van der Waals surface area (Å²) in [7, 11) is 0.